The van der Waals surface area contributed by atoms with Crippen LogP contribution < -0.4 is 10.4 Å². The fourth-order valence-corrected chi connectivity index (χ4v) is 16.1. The molecule has 0 atom stereocenters. The van der Waals surface area contributed by atoms with Gasteiger partial charge in [-0.2, -0.15) is 24.3 Å². The van der Waals surface area contributed by atoms with Crippen molar-refractivity contribution in [3.8, 4) is 0 Å². The van der Waals surface area contributed by atoms with E-state index in [1.807, 2.05) is 11.2 Å². The summed E-state index contributed by atoms with van der Waals surface area (Å²) >= 11 is -1.54. The maximum absolute atomic E-state index is 5.34. The summed E-state index contributed by atoms with van der Waals surface area (Å²) in [5.41, 5.74) is 0. The van der Waals surface area contributed by atoms with E-state index in [9.17, 15) is 0 Å². The molecule has 6 rings (SSSR count). The summed E-state index contributed by atoms with van der Waals surface area (Å²) in [6.45, 7) is 6.58. The first kappa shape index (κ1) is 29.2. The number of hydrogen-bond donors (Lipinski definition) is 0. The van der Waals surface area contributed by atoms with Gasteiger partial charge in [-0.1, -0.05) is 87.9 Å². The summed E-state index contributed by atoms with van der Waals surface area (Å²) in [6, 6.07) is 36.5. The second-order valence-corrected chi connectivity index (χ2v) is 26.2. The normalized spacial score (nSPS) is 17.0. The molecule has 0 N–H and O–H groups in total. The van der Waals surface area contributed by atoms with Gasteiger partial charge in [-0.3, -0.25) is 0 Å². The van der Waals surface area contributed by atoms with Crippen LogP contribution in [0.2, 0.25) is 36.3 Å². The molecule has 198 valence electrons. The van der Waals surface area contributed by atoms with E-state index in [-0.39, 0.29) is 0 Å². The summed E-state index contributed by atoms with van der Waals surface area (Å²) in [4.78, 5) is 0. The van der Waals surface area contributed by atoms with Gasteiger partial charge in [0.15, 0.2) is 0 Å². The average molecular weight is 602 g/mol. The number of benzene rings is 2. The van der Waals surface area contributed by atoms with E-state index in [1.54, 1.807) is 21.1 Å². The third kappa shape index (κ3) is 6.53. The van der Waals surface area contributed by atoms with Crippen molar-refractivity contribution in [2.24, 2.45) is 0 Å². The molecule has 0 spiro atoms. The Morgan fingerprint density at radius 1 is 0.703 bits per heavy atom. The standard InChI is InChI=1S/2C15H19Si.C2H4.2ClH.Ti/c2*1-2-10-16(11-5-12-16)15-9-8-13-6-3-4-7-14(13)15;1-2;;;/h2*3-4,6-9H,2,5,10-12H2,1H3;1H,2H3;2*1H;/q2*-1;;;;+2/p-2. The van der Waals surface area contributed by atoms with E-state index < -0.39 is 31.4 Å². The molecule has 4 aromatic rings. The third-order valence-corrected chi connectivity index (χ3v) is 22.6. The van der Waals surface area contributed by atoms with Crippen molar-refractivity contribution in [1.82, 2.24) is 0 Å². The van der Waals surface area contributed by atoms with E-state index in [0.29, 0.717) is 0 Å². The molecule has 0 bridgehead atoms. The second kappa shape index (κ2) is 13.6. The van der Waals surface area contributed by atoms with E-state index in [1.165, 1.54) is 72.7 Å². The summed E-state index contributed by atoms with van der Waals surface area (Å²) in [5, 5.41) is 9.54. The van der Waals surface area contributed by atoms with Gasteiger partial charge in [0.25, 0.3) is 0 Å². The number of halogens is 2. The Morgan fingerprint density at radius 3 is 1.38 bits per heavy atom. The predicted octanol–water partition coefficient (Wildman–Crippen LogP) is 9.79. The number of fused-ring (bicyclic) bond motifs is 2. The number of rotatable bonds is 6. The van der Waals surface area contributed by atoms with Crippen LogP contribution in [-0.4, -0.2) is 20.5 Å². The van der Waals surface area contributed by atoms with Gasteiger partial charge in [0.1, 0.15) is 0 Å². The van der Waals surface area contributed by atoms with Crippen molar-refractivity contribution in [2.75, 3.05) is 0 Å². The van der Waals surface area contributed by atoms with Crippen LogP contribution in [0.25, 0.3) is 21.5 Å². The molecule has 2 heterocycles. The summed E-state index contributed by atoms with van der Waals surface area (Å²) in [6.07, 6.45) is 5.69. The summed E-state index contributed by atoms with van der Waals surface area (Å²) < 4.78 is 1.86. The molecule has 37 heavy (non-hydrogen) atoms. The molecule has 0 aromatic heterocycles. The molecule has 0 unspecified atom stereocenters. The first-order valence-electron chi connectivity index (χ1n) is 14.3. The summed E-state index contributed by atoms with van der Waals surface area (Å²) in [5.74, 6) is 0. The second-order valence-electron chi connectivity index (χ2n) is 11.0. The van der Waals surface area contributed by atoms with Crippen LogP contribution in [0, 0.1) is 0 Å². The minimum absolute atomic E-state index is 1.03. The molecular formula is C32H42Cl2Si2Ti-2. The van der Waals surface area contributed by atoms with Crippen LogP contribution in [0.15, 0.2) is 72.8 Å². The molecule has 2 aliphatic heterocycles. The van der Waals surface area contributed by atoms with Gasteiger partial charge in [-0.25, -0.2) is 0 Å². The third-order valence-electron chi connectivity index (χ3n) is 8.80. The Kier molecular flexibility index (Phi) is 10.7. The van der Waals surface area contributed by atoms with Crippen LogP contribution in [0.4, 0.5) is 0 Å². The molecule has 0 nitrogen and oxygen atoms in total. The Balaban J connectivity index is 0.000000147. The monoisotopic (exact) mass is 600 g/mol. The minimum atomic E-state index is -1.54. The average Bonchev–Trinajstić information content (AvgIpc) is 3.50. The molecule has 4 aromatic carbocycles. The maximum atomic E-state index is 5.34. The fraction of sp³-hybridized carbons (Fsp3) is 0.406. The predicted molar refractivity (Wildman–Crippen MR) is 172 cm³/mol. The van der Waals surface area contributed by atoms with E-state index in [4.69, 9.17) is 18.6 Å². The van der Waals surface area contributed by atoms with Crippen molar-refractivity contribution in [3.05, 3.63) is 72.8 Å². The van der Waals surface area contributed by atoms with Crippen molar-refractivity contribution in [2.45, 2.75) is 82.7 Å². The molecular weight excluding hydrogens is 559 g/mol. The molecule has 0 radical (unpaired) electrons. The van der Waals surface area contributed by atoms with Gasteiger partial charge in [0.2, 0.25) is 0 Å². The fourth-order valence-electron chi connectivity index (χ4n) is 6.70. The van der Waals surface area contributed by atoms with Gasteiger partial charge < -0.3 is 0 Å². The topological polar surface area (TPSA) is 0 Å². The SMILES string of the molecule is CCC[Si]1([c-]2ccc3ccccc32)CCC1.CCC[Si]1([c-]2ccc3ccccc32)CCC1.C[CH]=[Ti]([Cl])[Cl]. The van der Waals surface area contributed by atoms with Crippen LogP contribution in [0.3, 0.4) is 0 Å². The van der Waals surface area contributed by atoms with Gasteiger partial charge in [-0.15, -0.1) is 68.3 Å². The first-order valence-corrected chi connectivity index (χ1v) is 24.7. The first-order chi connectivity index (χ1) is 18.0. The molecule has 0 aliphatic carbocycles. The van der Waals surface area contributed by atoms with E-state index in [2.05, 4.69) is 86.6 Å². The molecule has 2 fully saturated rings. The van der Waals surface area contributed by atoms with E-state index >= 15 is 0 Å². The van der Waals surface area contributed by atoms with Gasteiger partial charge in [0, 0.05) is 16.1 Å². The Hall–Kier alpha value is -0.742. The Bertz CT molecular complexity index is 1210. The van der Waals surface area contributed by atoms with Crippen molar-refractivity contribution in [3.63, 3.8) is 0 Å². The van der Waals surface area contributed by atoms with Crippen LogP contribution in [0.1, 0.15) is 46.5 Å². The Labute approximate surface area is 240 Å². The van der Waals surface area contributed by atoms with Crippen molar-refractivity contribution in [1.29, 1.82) is 0 Å². The van der Waals surface area contributed by atoms with Crippen molar-refractivity contribution < 1.29 is 15.3 Å². The van der Waals surface area contributed by atoms with Crippen LogP contribution >= 0.6 is 18.6 Å². The zero-order valence-corrected chi connectivity index (χ0v) is 27.9. The Morgan fingerprint density at radius 2 is 1.08 bits per heavy atom. The van der Waals surface area contributed by atoms with E-state index in [0.717, 1.165) is 0 Å². The molecule has 2 saturated heterocycles. The van der Waals surface area contributed by atoms with Gasteiger partial charge in [-0.05, 0) is 0 Å². The quantitative estimate of drug-likeness (QED) is 0.152. The van der Waals surface area contributed by atoms with Crippen LogP contribution in [-0.2, 0) is 15.3 Å². The van der Waals surface area contributed by atoms with Crippen LogP contribution in [0.5, 0.6) is 0 Å². The number of hydrogen-bond acceptors (Lipinski definition) is 0. The molecule has 0 saturated carbocycles. The van der Waals surface area contributed by atoms with Gasteiger partial charge in [0.05, 0.1) is 0 Å². The molecule has 0 amide bonds. The zero-order chi connectivity index (χ0) is 26.3. The van der Waals surface area contributed by atoms with Crippen molar-refractivity contribution >= 4 is 71.0 Å². The molecule has 2 aliphatic rings. The summed E-state index contributed by atoms with van der Waals surface area (Å²) in [7, 11) is 8.62. The zero-order valence-electron chi connectivity index (χ0n) is 22.8. The molecule has 5 heteroatoms. The van der Waals surface area contributed by atoms with Gasteiger partial charge >= 0.3 is 45.1 Å².